The van der Waals surface area contributed by atoms with Crippen molar-refractivity contribution >= 4 is 43.0 Å². The Balaban J connectivity index is 0.000000181. The van der Waals surface area contributed by atoms with Gasteiger partial charge in [-0.25, -0.2) is 31.1 Å². The predicted molar refractivity (Wildman–Crippen MR) is 219 cm³/mol. The number of aryl methyl sites for hydroxylation is 2. The van der Waals surface area contributed by atoms with E-state index in [1.165, 1.54) is 74.7 Å². The van der Waals surface area contributed by atoms with Crippen LogP contribution in [0.1, 0.15) is 74.9 Å². The van der Waals surface area contributed by atoms with Crippen LogP contribution >= 0.6 is 0 Å². The summed E-state index contributed by atoms with van der Waals surface area (Å²) in [6.45, 7) is 4.07. The van der Waals surface area contributed by atoms with Crippen molar-refractivity contribution in [2.24, 2.45) is 11.8 Å². The molecule has 0 unspecified atom stereocenters. The summed E-state index contributed by atoms with van der Waals surface area (Å²) in [5.41, 5.74) is -1.64. The van der Waals surface area contributed by atoms with Crippen LogP contribution in [0.15, 0.2) is 107 Å². The molecule has 19 heteroatoms. The summed E-state index contributed by atoms with van der Waals surface area (Å²) in [5, 5.41) is 8.28. The number of alkyl halides is 6. The van der Waals surface area contributed by atoms with E-state index in [0.29, 0.717) is 43.2 Å². The fourth-order valence-corrected chi connectivity index (χ4v) is 9.28. The van der Waals surface area contributed by atoms with Crippen LogP contribution < -0.4 is 9.03 Å². The number of fused-ring (bicyclic) bond motifs is 2. The minimum Gasteiger partial charge on any atom is -0.396 e. The molecular formula is C42H46F6N6O5S2. The lowest BCUT2D eigenvalue weighted by Gasteiger charge is -2.23. The Bertz CT molecular complexity index is 2650. The molecule has 0 spiro atoms. The lowest BCUT2D eigenvalue weighted by molar-refractivity contribution is -0.137. The predicted octanol–water partition coefficient (Wildman–Crippen LogP) is 9.41. The molecule has 2 aliphatic rings. The van der Waals surface area contributed by atoms with Gasteiger partial charge in [-0.3, -0.25) is 4.72 Å². The summed E-state index contributed by atoms with van der Waals surface area (Å²) in [7, 11) is -7.92. The number of pyridine rings is 2. The Morgan fingerprint density at radius 3 is 1.61 bits per heavy atom. The standard InChI is InChI=1S/C21H22F3N3O2S.C16H14F3N3O2S.C5H10O/c1-2-18-20(25-19-17(21(22,23)24)9-6-13-26(18)19)27(14-12-15-10-11-15)30(28,29)16-7-4-3-5-8-16;1-2-13-14(21-25(23,24)11-7-4-3-5-8-11)20-15-12(16(17,18)19)9-6-10-22(13)15;6-4-3-5-1-2-5/h3-9,13,15H,2,10-12,14H2,1H3;3-10,21H,2H2,1H3;5-6H,1-4H2. The fraction of sp³-hybridized carbons (Fsp3) is 0.381. The van der Waals surface area contributed by atoms with Gasteiger partial charge in [-0.2, -0.15) is 26.3 Å². The molecule has 2 aromatic carbocycles. The molecule has 8 rings (SSSR count). The number of halogens is 6. The molecule has 2 aliphatic carbocycles. The van der Waals surface area contributed by atoms with Gasteiger partial charge in [-0.1, -0.05) is 75.9 Å². The van der Waals surface area contributed by atoms with E-state index in [4.69, 9.17) is 5.11 Å². The van der Waals surface area contributed by atoms with E-state index in [0.717, 1.165) is 37.3 Å². The van der Waals surface area contributed by atoms with Gasteiger partial charge in [0.15, 0.2) is 22.9 Å². The lowest BCUT2D eigenvalue weighted by Crippen LogP contribution is -2.33. The zero-order chi connectivity index (χ0) is 44.2. The van der Waals surface area contributed by atoms with Gasteiger partial charge in [-0.05, 0) is 86.1 Å². The van der Waals surface area contributed by atoms with Gasteiger partial charge in [0.1, 0.15) is 0 Å². The first-order chi connectivity index (χ1) is 28.9. The highest BCUT2D eigenvalue weighted by Crippen LogP contribution is 2.38. The highest BCUT2D eigenvalue weighted by atomic mass is 32.2. The number of hydrogen-bond donors (Lipinski definition) is 2. The van der Waals surface area contributed by atoms with Crippen molar-refractivity contribution in [3.8, 4) is 0 Å². The van der Waals surface area contributed by atoms with E-state index in [-0.39, 0.29) is 39.3 Å². The normalized spacial score (nSPS) is 14.6. The monoisotopic (exact) mass is 892 g/mol. The van der Waals surface area contributed by atoms with Gasteiger partial charge >= 0.3 is 12.4 Å². The number of hydrogen-bond acceptors (Lipinski definition) is 7. The van der Waals surface area contributed by atoms with Gasteiger partial charge in [0.05, 0.1) is 32.3 Å². The third-order valence-corrected chi connectivity index (χ3v) is 13.4. The SMILES string of the molecule is CCc1c(N(CCC2CC2)S(=O)(=O)c2ccccc2)nc2c(C(F)(F)F)cccn12.CCc1c(NS(=O)(=O)c2ccccc2)nc2c(C(F)(F)F)cccn12.OCCC1CC1. The van der Waals surface area contributed by atoms with Crippen LogP contribution in [-0.2, 0) is 45.2 Å². The van der Waals surface area contributed by atoms with Crippen LogP contribution in [0.2, 0.25) is 0 Å². The van der Waals surface area contributed by atoms with Crippen LogP contribution in [0.3, 0.4) is 0 Å². The number of aromatic nitrogens is 4. The lowest BCUT2D eigenvalue weighted by atomic mass is 10.2. The number of rotatable bonds is 13. The van der Waals surface area contributed by atoms with Crippen LogP contribution in [-0.4, -0.2) is 53.9 Å². The Morgan fingerprint density at radius 2 is 1.15 bits per heavy atom. The van der Waals surface area contributed by atoms with E-state index in [2.05, 4.69) is 14.7 Å². The zero-order valence-electron chi connectivity index (χ0n) is 33.4. The van der Waals surface area contributed by atoms with Crippen molar-refractivity contribution in [2.75, 3.05) is 22.2 Å². The average Bonchev–Trinajstić information content (AvgIpc) is 4.16. The smallest absolute Gasteiger partial charge is 0.396 e. The maximum atomic E-state index is 13.5. The Hall–Kier alpha value is -5.14. The van der Waals surface area contributed by atoms with Crippen molar-refractivity contribution in [2.45, 2.75) is 87.4 Å². The minimum absolute atomic E-state index is 0.00477. The minimum atomic E-state index is -4.59. The maximum absolute atomic E-state index is 13.5. The maximum Gasteiger partial charge on any atom is 0.419 e. The molecule has 328 valence electrons. The average molecular weight is 893 g/mol. The Kier molecular flexibility index (Phi) is 13.7. The van der Waals surface area contributed by atoms with E-state index in [1.54, 1.807) is 50.2 Å². The second-order valence-corrected chi connectivity index (χ2v) is 18.3. The molecule has 4 aromatic heterocycles. The van der Waals surface area contributed by atoms with Crippen LogP contribution in [0.4, 0.5) is 38.0 Å². The first-order valence-corrected chi connectivity index (χ1v) is 22.7. The number of imidazole rings is 2. The van der Waals surface area contributed by atoms with Crippen LogP contribution in [0, 0.1) is 11.8 Å². The highest BCUT2D eigenvalue weighted by molar-refractivity contribution is 7.93. The topological polar surface area (TPSA) is 138 Å². The number of anilines is 2. The largest absolute Gasteiger partial charge is 0.419 e. The molecule has 11 nitrogen and oxygen atoms in total. The second-order valence-electron chi connectivity index (χ2n) is 14.7. The van der Waals surface area contributed by atoms with E-state index in [9.17, 15) is 43.2 Å². The van der Waals surface area contributed by atoms with Gasteiger partial charge < -0.3 is 13.9 Å². The van der Waals surface area contributed by atoms with E-state index < -0.39 is 43.5 Å². The van der Waals surface area contributed by atoms with Crippen molar-refractivity contribution in [3.05, 3.63) is 120 Å². The molecule has 0 aliphatic heterocycles. The van der Waals surface area contributed by atoms with Gasteiger partial charge in [0.25, 0.3) is 20.0 Å². The van der Waals surface area contributed by atoms with Gasteiger partial charge in [-0.15, -0.1) is 0 Å². The molecule has 6 aromatic rings. The summed E-state index contributed by atoms with van der Waals surface area (Å²) in [6.07, 6.45) is 0.882. The summed E-state index contributed by atoms with van der Waals surface area (Å²) in [4.78, 5) is 8.24. The Morgan fingerprint density at radius 1 is 0.672 bits per heavy atom. The number of aliphatic hydroxyl groups excluding tert-OH is 1. The number of nitrogens with one attached hydrogen (secondary N) is 1. The molecule has 61 heavy (non-hydrogen) atoms. The van der Waals surface area contributed by atoms with E-state index >= 15 is 0 Å². The first kappa shape index (κ1) is 45.4. The second kappa shape index (κ2) is 18.5. The zero-order valence-corrected chi connectivity index (χ0v) is 35.0. The molecule has 0 amide bonds. The van der Waals surface area contributed by atoms with Crippen molar-refractivity contribution in [1.29, 1.82) is 0 Å². The number of nitrogens with zero attached hydrogens (tertiary/aromatic N) is 5. The molecule has 2 saturated carbocycles. The van der Waals surface area contributed by atoms with Crippen LogP contribution in [0.25, 0.3) is 11.3 Å². The van der Waals surface area contributed by atoms with Crippen molar-refractivity contribution in [1.82, 2.24) is 18.8 Å². The third-order valence-electron chi connectivity index (χ3n) is 10.3. The number of sulfonamides is 2. The highest BCUT2D eigenvalue weighted by Gasteiger charge is 2.38. The van der Waals surface area contributed by atoms with Gasteiger partial charge in [0, 0.05) is 25.5 Å². The summed E-state index contributed by atoms with van der Waals surface area (Å²) in [5.74, 6) is 1.31. The molecule has 0 atom stereocenters. The summed E-state index contributed by atoms with van der Waals surface area (Å²) in [6, 6.07) is 19.9. The Labute approximate surface area is 350 Å². The molecule has 2 N–H and O–H groups in total. The molecule has 0 radical (unpaired) electrons. The number of benzene rings is 2. The number of aliphatic hydroxyl groups is 1. The fourth-order valence-electron chi connectivity index (χ4n) is 6.75. The van der Waals surface area contributed by atoms with Gasteiger partial charge in [0.2, 0.25) is 0 Å². The molecule has 4 heterocycles. The summed E-state index contributed by atoms with van der Waals surface area (Å²) < 4.78 is 138. The van der Waals surface area contributed by atoms with Crippen LogP contribution in [0.5, 0.6) is 0 Å². The molecular weight excluding hydrogens is 847 g/mol. The van der Waals surface area contributed by atoms with Crippen molar-refractivity contribution < 1.29 is 48.3 Å². The molecule has 2 fully saturated rings. The third kappa shape index (κ3) is 10.7. The molecule has 0 saturated heterocycles. The van der Waals surface area contributed by atoms with E-state index in [1.807, 2.05) is 0 Å². The molecule has 0 bridgehead atoms. The summed E-state index contributed by atoms with van der Waals surface area (Å²) >= 11 is 0. The first-order valence-electron chi connectivity index (χ1n) is 19.8. The quantitative estimate of drug-likeness (QED) is 0.110. The van der Waals surface area contributed by atoms with Crippen molar-refractivity contribution in [3.63, 3.8) is 0 Å².